The molecule has 7 heteroatoms. The third-order valence-corrected chi connectivity index (χ3v) is 4.39. The molecule has 0 radical (unpaired) electrons. The lowest BCUT2D eigenvalue weighted by Crippen LogP contribution is -2.43. The van der Waals surface area contributed by atoms with Crippen LogP contribution < -0.4 is 16.2 Å². The number of hydrazine groups is 1. The topological polar surface area (TPSA) is 74.7 Å². The van der Waals surface area contributed by atoms with Crippen LogP contribution in [0.5, 0.6) is 0 Å². The summed E-state index contributed by atoms with van der Waals surface area (Å²) in [4.78, 5) is 13.8. The summed E-state index contributed by atoms with van der Waals surface area (Å²) < 4.78 is 1.95. The molecule has 1 fully saturated rings. The lowest BCUT2D eigenvalue weighted by atomic mass is 10.0. The molecule has 0 atom stereocenters. The van der Waals surface area contributed by atoms with Crippen LogP contribution in [0.2, 0.25) is 0 Å². The maximum Gasteiger partial charge on any atom is 0.180 e. The van der Waals surface area contributed by atoms with Gasteiger partial charge in [0, 0.05) is 38.6 Å². The van der Waals surface area contributed by atoms with E-state index in [1.165, 1.54) is 0 Å². The average Bonchev–Trinajstić information content (AvgIpc) is 3.01. The van der Waals surface area contributed by atoms with Gasteiger partial charge < -0.3 is 19.6 Å². The summed E-state index contributed by atoms with van der Waals surface area (Å²) >= 11 is 0. The smallest absolute Gasteiger partial charge is 0.180 e. The number of nitrogens with one attached hydrogen (secondary N) is 1. The third kappa shape index (κ3) is 2.66. The molecule has 114 valence electrons. The van der Waals surface area contributed by atoms with Crippen LogP contribution >= 0.6 is 0 Å². The van der Waals surface area contributed by atoms with E-state index in [1.807, 2.05) is 16.8 Å². The second kappa shape index (κ2) is 5.87. The van der Waals surface area contributed by atoms with Crippen LogP contribution in [0.3, 0.4) is 0 Å². The summed E-state index contributed by atoms with van der Waals surface area (Å²) in [6.07, 6.45) is 7.85. The molecule has 3 N–H and O–H groups in total. The van der Waals surface area contributed by atoms with Crippen molar-refractivity contribution in [1.29, 1.82) is 0 Å². The summed E-state index contributed by atoms with van der Waals surface area (Å²) in [5.74, 6) is 7.05. The molecule has 0 bridgehead atoms. The van der Waals surface area contributed by atoms with Gasteiger partial charge >= 0.3 is 0 Å². The van der Waals surface area contributed by atoms with Crippen molar-refractivity contribution < 1.29 is 0 Å². The predicted molar refractivity (Wildman–Crippen MR) is 84.3 cm³/mol. The zero-order valence-corrected chi connectivity index (χ0v) is 12.7. The molecule has 3 heterocycles. The number of nitrogen functional groups attached to an aromatic ring is 1. The van der Waals surface area contributed by atoms with Gasteiger partial charge in [-0.15, -0.1) is 0 Å². The number of nitrogens with two attached hydrogens (primary N) is 1. The van der Waals surface area contributed by atoms with E-state index in [9.17, 15) is 0 Å². The highest BCUT2D eigenvalue weighted by Gasteiger charge is 2.24. The maximum absolute atomic E-state index is 5.52. The number of imidazole rings is 1. The predicted octanol–water partition coefficient (Wildman–Crippen LogP) is 0.935. The molecule has 0 aromatic carbocycles. The number of hydrogen-bond acceptors (Lipinski definition) is 6. The minimum atomic E-state index is 0.494. The molecule has 2 aromatic heterocycles. The first-order valence-corrected chi connectivity index (χ1v) is 7.48. The Morgan fingerprint density at radius 1 is 1.43 bits per heavy atom. The van der Waals surface area contributed by atoms with E-state index in [1.54, 1.807) is 6.20 Å². The van der Waals surface area contributed by atoms with Crippen LogP contribution in [0.15, 0.2) is 18.6 Å². The zero-order valence-electron chi connectivity index (χ0n) is 12.7. The largest absolute Gasteiger partial charge is 0.353 e. The first kappa shape index (κ1) is 14.1. The molecule has 0 saturated carbocycles. The van der Waals surface area contributed by atoms with E-state index in [0.717, 1.165) is 43.9 Å². The van der Waals surface area contributed by atoms with Crippen LogP contribution in [-0.4, -0.2) is 52.0 Å². The maximum atomic E-state index is 5.52. The second-order valence-electron chi connectivity index (χ2n) is 5.53. The molecule has 7 nitrogen and oxygen atoms in total. The summed E-state index contributed by atoms with van der Waals surface area (Å²) in [5, 5.41) is 0. The summed E-state index contributed by atoms with van der Waals surface area (Å²) in [7, 11) is 2.10. The second-order valence-corrected chi connectivity index (χ2v) is 5.53. The lowest BCUT2D eigenvalue weighted by molar-refractivity contribution is 0.220. The van der Waals surface area contributed by atoms with Gasteiger partial charge in [0.05, 0.1) is 6.20 Å². The highest BCUT2D eigenvalue weighted by molar-refractivity contribution is 5.66. The summed E-state index contributed by atoms with van der Waals surface area (Å²) in [5.41, 5.74) is 3.50. The molecule has 0 amide bonds. The van der Waals surface area contributed by atoms with Gasteiger partial charge in [-0.2, -0.15) is 0 Å². The summed E-state index contributed by atoms with van der Waals surface area (Å²) in [6, 6.07) is 0.494. The molecule has 3 rings (SSSR count). The molecular weight excluding hydrogens is 266 g/mol. The minimum absolute atomic E-state index is 0.494. The highest BCUT2D eigenvalue weighted by Crippen LogP contribution is 2.25. The van der Waals surface area contributed by atoms with Crippen molar-refractivity contribution in [3.63, 3.8) is 0 Å². The summed E-state index contributed by atoms with van der Waals surface area (Å²) in [6.45, 7) is 5.64. The SMILES string of the molecule is CCN1CCC(N(C)c2nc(NN)cn3ccnc23)CC1. The van der Waals surface area contributed by atoms with E-state index in [4.69, 9.17) is 5.84 Å². The molecule has 1 saturated heterocycles. The van der Waals surface area contributed by atoms with Crippen molar-refractivity contribution in [1.82, 2.24) is 19.3 Å². The van der Waals surface area contributed by atoms with Crippen molar-refractivity contribution in [3.8, 4) is 0 Å². The molecular formula is C14H23N7. The fraction of sp³-hybridized carbons (Fsp3) is 0.571. The van der Waals surface area contributed by atoms with Gasteiger partial charge in [-0.3, -0.25) is 0 Å². The van der Waals surface area contributed by atoms with Gasteiger partial charge in [0.1, 0.15) is 0 Å². The zero-order chi connectivity index (χ0) is 14.8. The minimum Gasteiger partial charge on any atom is -0.353 e. The van der Waals surface area contributed by atoms with Crippen LogP contribution in [0.1, 0.15) is 19.8 Å². The monoisotopic (exact) mass is 289 g/mol. The fourth-order valence-corrected chi connectivity index (χ4v) is 3.02. The Morgan fingerprint density at radius 3 is 2.86 bits per heavy atom. The van der Waals surface area contributed by atoms with Crippen LogP contribution in [0, 0.1) is 0 Å². The lowest BCUT2D eigenvalue weighted by Gasteiger charge is -2.36. The van der Waals surface area contributed by atoms with Crippen molar-refractivity contribution in [3.05, 3.63) is 18.6 Å². The van der Waals surface area contributed by atoms with Crippen molar-refractivity contribution in [2.75, 3.05) is 37.0 Å². The van der Waals surface area contributed by atoms with E-state index < -0.39 is 0 Å². The van der Waals surface area contributed by atoms with Gasteiger partial charge in [0.2, 0.25) is 0 Å². The fourth-order valence-electron chi connectivity index (χ4n) is 3.02. The number of hydrogen-bond donors (Lipinski definition) is 2. The van der Waals surface area contributed by atoms with Crippen molar-refractivity contribution >= 4 is 17.3 Å². The number of nitrogens with zero attached hydrogens (tertiary/aromatic N) is 5. The Kier molecular flexibility index (Phi) is 3.94. The Bertz CT molecular complexity index is 600. The van der Waals surface area contributed by atoms with Gasteiger partial charge in [-0.1, -0.05) is 6.92 Å². The Balaban J connectivity index is 1.87. The Morgan fingerprint density at radius 2 is 2.19 bits per heavy atom. The average molecular weight is 289 g/mol. The van der Waals surface area contributed by atoms with Gasteiger partial charge in [0.15, 0.2) is 17.3 Å². The molecule has 2 aromatic rings. The molecule has 0 spiro atoms. The molecule has 21 heavy (non-hydrogen) atoms. The standard InChI is InChI=1S/C14H23N7/c1-3-20-7-4-11(5-8-20)19(2)14-13-16-6-9-21(13)10-12(17-14)18-15/h6,9-11,18H,3-5,7-8,15H2,1-2H3. The molecule has 1 aliphatic heterocycles. The molecule has 1 aliphatic rings. The van der Waals surface area contributed by atoms with Crippen LogP contribution in [0.25, 0.3) is 5.65 Å². The van der Waals surface area contributed by atoms with Gasteiger partial charge in [-0.25, -0.2) is 15.8 Å². The normalized spacial score (nSPS) is 17.3. The van der Waals surface area contributed by atoms with Gasteiger partial charge in [0.25, 0.3) is 0 Å². The number of piperidine rings is 1. The first-order valence-electron chi connectivity index (χ1n) is 7.48. The third-order valence-electron chi connectivity index (χ3n) is 4.39. The van der Waals surface area contributed by atoms with E-state index in [2.05, 4.69) is 39.2 Å². The van der Waals surface area contributed by atoms with Crippen molar-refractivity contribution in [2.45, 2.75) is 25.8 Å². The number of fused-ring (bicyclic) bond motifs is 1. The number of likely N-dealkylation sites (tertiary alicyclic amines) is 1. The van der Waals surface area contributed by atoms with Crippen LogP contribution in [-0.2, 0) is 0 Å². The number of rotatable bonds is 4. The number of aromatic nitrogens is 3. The van der Waals surface area contributed by atoms with E-state index in [0.29, 0.717) is 11.9 Å². The molecule has 0 unspecified atom stereocenters. The van der Waals surface area contributed by atoms with Crippen molar-refractivity contribution in [2.24, 2.45) is 5.84 Å². The quantitative estimate of drug-likeness (QED) is 0.644. The van der Waals surface area contributed by atoms with E-state index in [-0.39, 0.29) is 0 Å². The van der Waals surface area contributed by atoms with E-state index >= 15 is 0 Å². The first-order chi connectivity index (χ1) is 10.2. The molecule has 0 aliphatic carbocycles. The van der Waals surface area contributed by atoms with Gasteiger partial charge in [-0.05, 0) is 19.4 Å². The van der Waals surface area contributed by atoms with Crippen LogP contribution in [0.4, 0.5) is 11.6 Å². The number of anilines is 2. The Labute approximate surface area is 124 Å². The Hall–Kier alpha value is -1.86. The highest BCUT2D eigenvalue weighted by atomic mass is 15.3.